The Kier molecular flexibility index (Phi) is 9.02. The first-order valence-electron chi connectivity index (χ1n) is 8.92. The predicted molar refractivity (Wildman–Crippen MR) is 116 cm³/mol. The Balaban J connectivity index is 1.98. The van der Waals surface area contributed by atoms with Gasteiger partial charge in [0.1, 0.15) is 4.32 Å². The van der Waals surface area contributed by atoms with Gasteiger partial charge in [0.05, 0.1) is 0 Å². The Labute approximate surface area is 162 Å². The topological polar surface area (TPSA) is 15.3 Å². The molecule has 0 fully saturated rings. The molecule has 0 radical (unpaired) electrons. The number of rotatable bonds is 9. The summed E-state index contributed by atoms with van der Waals surface area (Å²) < 4.78 is 1.01. The second-order valence-corrected chi connectivity index (χ2v) is 7.69. The number of likely N-dealkylation sites (N-methyl/N-ethyl adjacent to an activating group) is 2. The van der Waals surface area contributed by atoms with Gasteiger partial charge in [-0.3, -0.25) is 0 Å². The van der Waals surface area contributed by atoms with Gasteiger partial charge in [-0.05, 0) is 31.5 Å². The number of benzene rings is 2. The highest BCUT2D eigenvalue weighted by molar-refractivity contribution is 8.22. The zero-order valence-electron chi connectivity index (χ0n) is 15.2. The highest BCUT2D eigenvalue weighted by atomic mass is 32.2. The molecule has 0 unspecified atom stereocenters. The average molecular weight is 373 g/mol. The van der Waals surface area contributed by atoms with E-state index in [1.807, 2.05) is 7.05 Å². The fourth-order valence-electron chi connectivity index (χ4n) is 2.88. The number of hydrogen-bond acceptors (Lipinski definition) is 3. The Morgan fingerprint density at radius 1 is 1.04 bits per heavy atom. The summed E-state index contributed by atoms with van der Waals surface area (Å²) in [5, 5.41) is 3.19. The zero-order chi connectivity index (χ0) is 17.9. The normalized spacial score (nSPS) is 10.8. The van der Waals surface area contributed by atoms with E-state index in [0.29, 0.717) is 5.92 Å². The molecule has 0 saturated carbocycles. The average Bonchev–Trinajstić information content (AvgIpc) is 2.67. The van der Waals surface area contributed by atoms with Gasteiger partial charge >= 0.3 is 0 Å². The molecular formula is C21H28N2S2. The molecule has 0 bridgehead atoms. The smallest absolute Gasteiger partial charge is 0.136 e. The van der Waals surface area contributed by atoms with Crippen LogP contribution < -0.4 is 5.32 Å². The second kappa shape index (κ2) is 11.3. The highest BCUT2D eigenvalue weighted by Gasteiger charge is 2.15. The maximum Gasteiger partial charge on any atom is 0.136 e. The van der Waals surface area contributed by atoms with Gasteiger partial charge in [0.25, 0.3) is 0 Å². The second-order valence-electron chi connectivity index (χ2n) is 5.96. The van der Waals surface area contributed by atoms with Crippen LogP contribution in [0, 0.1) is 0 Å². The van der Waals surface area contributed by atoms with Crippen LogP contribution >= 0.6 is 24.0 Å². The summed E-state index contributed by atoms with van der Waals surface area (Å²) in [4.78, 5) is 2.27. The number of nitrogens with zero attached hydrogens (tertiary/aromatic N) is 1. The SMILES string of the molecule is CCN(CCNC)C(=S)SCCC(c1ccccc1)c1ccccc1. The van der Waals surface area contributed by atoms with Crippen LogP contribution in [0.15, 0.2) is 60.7 Å². The van der Waals surface area contributed by atoms with Crippen molar-refractivity contribution in [2.75, 3.05) is 32.4 Å². The lowest BCUT2D eigenvalue weighted by molar-refractivity contribution is 0.451. The van der Waals surface area contributed by atoms with Crippen LogP contribution in [-0.4, -0.2) is 41.7 Å². The van der Waals surface area contributed by atoms with E-state index in [0.717, 1.165) is 36.1 Å². The van der Waals surface area contributed by atoms with Crippen molar-refractivity contribution in [3.63, 3.8) is 0 Å². The molecule has 0 amide bonds. The van der Waals surface area contributed by atoms with Gasteiger partial charge in [-0.2, -0.15) is 0 Å². The molecule has 0 aliphatic carbocycles. The van der Waals surface area contributed by atoms with Crippen molar-refractivity contribution in [2.45, 2.75) is 19.3 Å². The molecule has 2 aromatic carbocycles. The third kappa shape index (κ3) is 6.46. The molecule has 2 rings (SSSR count). The number of hydrogen-bond donors (Lipinski definition) is 1. The number of thioether (sulfide) groups is 1. The van der Waals surface area contributed by atoms with Crippen LogP contribution in [0.4, 0.5) is 0 Å². The van der Waals surface area contributed by atoms with Crippen LogP contribution in [0.1, 0.15) is 30.4 Å². The van der Waals surface area contributed by atoms with Crippen LogP contribution in [-0.2, 0) is 0 Å². The van der Waals surface area contributed by atoms with Crippen molar-refractivity contribution in [3.8, 4) is 0 Å². The Hall–Kier alpha value is -1.36. The van der Waals surface area contributed by atoms with Gasteiger partial charge in [-0.15, -0.1) is 0 Å². The first-order valence-corrected chi connectivity index (χ1v) is 10.3. The lowest BCUT2D eigenvalue weighted by Gasteiger charge is -2.24. The van der Waals surface area contributed by atoms with Gasteiger partial charge in [-0.25, -0.2) is 0 Å². The minimum absolute atomic E-state index is 0.421. The quantitative estimate of drug-likeness (QED) is 0.638. The van der Waals surface area contributed by atoms with Crippen molar-refractivity contribution in [1.29, 1.82) is 0 Å². The molecule has 0 spiro atoms. The summed E-state index contributed by atoms with van der Waals surface area (Å²) in [5.41, 5.74) is 2.76. The van der Waals surface area contributed by atoms with Crippen molar-refractivity contribution in [3.05, 3.63) is 71.8 Å². The van der Waals surface area contributed by atoms with E-state index in [9.17, 15) is 0 Å². The minimum atomic E-state index is 0.421. The fourth-order valence-corrected chi connectivity index (χ4v) is 4.28. The van der Waals surface area contributed by atoms with Gasteiger partial charge in [0.2, 0.25) is 0 Å². The molecule has 0 aromatic heterocycles. The van der Waals surface area contributed by atoms with E-state index in [4.69, 9.17) is 12.2 Å². The lowest BCUT2D eigenvalue weighted by Crippen LogP contribution is -2.33. The third-order valence-electron chi connectivity index (χ3n) is 4.31. The maximum absolute atomic E-state index is 5.63. The van der Waals surface area contributed by atoms with Crippen LogP contribution in [0.25, 0.3) is 0 Å². The molecule has 0 saturated heterocycles. The molecule has 2 aromatic rings. The van der Waals surface area contributed by atoms with E-state index in [1.165, 1.54) is 11.1 Å². The van der Waals surface area contributed by atoms with Crippen molar-refractivity contribution < 1.29 is 0 Å². The van der Waals surface area contributed by atoms with E-state index in [1.54, 1.807) is 11.8 Å². The maximum atomic E-state index is 5.63. The highest BCUT2D eigenvalue weighted by Crippen LogP contribution is 2.29. The summed E-state index contributed by atoms with van der Waals surface area (Å²) >= 11 is 7.44. The number of nitrogens with one attached hydrogen (secondary N) is 1. The molecule has 0 aliphatic rings. The fraction of sp³-hybridized carbons (Fsp3) is 0.381. The summed E-state index contributed by atoms with van der Waals surface area (Å²) in [6, 6.07) is 21.6. The summed E-state index contributed by atoms with van der Waals surface area (Å²) in [7, 11) is 1.98. The third-order valence-corrected chi connectivity index (χ3v) is 5.86. The predicted octanol–water partition coefficient (Wildman–Crippen LogP) is 4.77. The van der Waals surface area contributed by atoms with Gasteiger partial charge in [0.15, 0.2) is 0 Å². The van der Waals surface area contributed by atoms with Crippen molar-refractivity contribution in [2.24, 2.45) is 0 Å². The molecule has 4 heteroatoms. The molecule has 0 aliphatic heterocycles. The van der Waals surface area contributed by atoms with Gasteiger partial charge in [0, 0.05) is 31.3 Å². The largest absolute Gasteiger partial charge is 0.357 e. The summed E-state index contributed by atoms with van der Waals surface area (Å²) in [6.07, 6.45) is 1.09. The van der Waals surface area contributed by atoms with Gasteiger partial charge in [-0.1, -0.05) is 84.6 Å². The minimum Gasteiger partial charge on any atom is -0.357 e. The first-order chi connectivity index (χ1) is 12.3. The van der Waals surface area contributed by atoms with E-state index in [2.05, 4.69) is 77.8 Å². The Bertz CT molecular complexity index is 577. The summed E-state index contributed by atoms with van der Waals surface area (Å²) in [5.74, 6) is 1.45. The molecule has 134 valence electrons. The zero-order valence-corrected chi connectivity index (χ0v) is 16.8. The number of thiocarbonyl (C=S) groups is 1. The van der Waals surface area contributed by atoms with Crippen LogP contribution in [0.2, 0.25) is 0 Å². The first kappa shape index (κ1) is 20.0. The van der Waals surface area contributed by atoms with Gasteiger partial charge < -0.3 is 10.2 Å². The molecule has 0 heterocycles. The molecule has 0 atom stereocenters. The standard InChI is InChI=1S/C21H28N2S2/c1-3-23(16-15-22-2)21(24)25-17-14-20(18-10-6-4-7-11-18)19-12-8-5-9-13-19/h4-13,20,22H,3,14-17H2,1-2H3. The van der Waals surface area contributed by atoms with E-state index >= 15 is 0 Å². The van der Waals surface area contributed by atoms with Crippen molar-refractivity contribution in [1.82, 2.24) is 10.2 Å². The Morgan fingerprint density at radius 3 is 2.08 bits per heavy atom. The van der Waals surface area contributed by atoms with Crippen LogP contribution in [0.5, 0.6) is 0 Å². The van der Waals surface area contributed by atoms with E-state index in [-0.39, 0.29) is 0 Å². The molecular weight excluding hydrogens is 344 g/mol. The van der Waals surface area contributed by atoms with E-state index < -0.39 is 0 Å². The Morgan fingerprint density at radius 2 is 1.60 bits per heavy atom. The summed E-state index contributed by atoms with van der Waals surface area (Å²) in [6.45, 7) is 5.07. The van der Waals surface area contributed by atoms with Crippen LogP contribution in [0.3, 0.4) is 0 Å². The molecule has 1 N–H and O–H groups in total. The van der Waals surface area contributed by atoms with Crippen molar-refractivity contribution >= 4 is 28.3 Å². The monoisotopic (exact) mass is 372 g/mol. The molecule has 25 heavy (non-hydrogen) atoms. The lowest BCUT2D eigenvalue weighted by atomic mass is 9.89. The molecule has 2 nitrogen and oxygen atoms in total.